The zero-order chi connectivity index (χ0) is 14.9. The smallest absolute Gasteiger partial charge is 0.294 e. The third kappa shape index (κ3) is 8.31. The lowest BCUT2D eigenvalue weighted by Gasteiger charge is -1.95. The summed E-state index contributed by atoms with van der Waals surface area (Å²) < 4.78 is 29.6. The number of aliphatic hydroxyl groups excluding tert-OH is 1. The van der Waals surface area contributed by atoms with Crippen LogP contribution >= 0.6 is 0 Å². The molecule has 5 heteroatoms. The summed E-state index contributed by atoms with van der Waals surface area (Å²) in [5, 5.41) is 8.34. The van der Waals surface area contributed by atoms with Crippen molar-refractivity contribution in [2.24, 2.45) is 0 Å². The van der Waals surface area contributed by atoms with E-state index in [1.165, 1.54) is 12.1 Å². The van der Waals surface area contributed by atoms with Crippen LogP contribution in [0.4, 0.5) is 0 Å². The second-order valence-corrected chi connectivity index (χ2v) is 5.40. The number of hydrogen-bond acceptors (Lipinski definition) is 3. The molecule has 0 atom stereocenters. The highest BCUT2D eigenvalue weighted by atomic mass is 32.2. The van der Waals surface area contributed by atoms with Crippen LogP contribution in [0.1, 0.15) is 18.4 Å². The fraction of sp³-hybridized carbons (Fsp3) is 0.286. The molecule has 1 rings (SSSR count). The number of allylic oxidation sites excluding steroid dienone is 2. The zero-order valence-electron chi connectivity index (χ0n) is 11.0. The highest BCUT2D eigenvalue weighted by molar-refractivity contribution is 7.85. The molecular formula is C14H20O4S. The Morgan fingerprint density at radius 1 is 1.32 bits per heavy atom. The van der Waals surface area contributed by atoms with Gasteiger partial charge in [-0.05, 0) is 31.9 Å². The first-order valence-electron chi connectivity index (χ1n) is 5.76. The van der Waals surface area contributed by atoms with Gasteiger partial charge in [-0.15, -0.1) is 0 Å². The third-order valence-electron chi connectivity index (χ3n) is 2.26. The summed E-state index contributed by atoms with van der Waals surface area (Å²) in [4.78, 5) is -0.0666. The van der Waals surface area contributed by atoms with Gasteiger partial charge in [-0.25, -0.2) is 0 Å². The van der Waals surface area contributed by atoms with E-state index in [1.54, 1.807) is 18.2 Å². The summed E-state index contributed by atoms with van der Waals surface area (Å²) in [6.45, 7) is 9.30. The maximum atomic E-state index is 10.5. The van der Waals surface area contributed by atoms with Crippen LogP contribution in [-0.4, -0.2) is 24.7 Å². The van der Waals surface area contributed by atoms with Gasteiger partial charge in [0.2, 0.25) is 0 Å². The van der Waals surface area contributed by atoms with Gasteiger partial charge < -0.3 is 5.11 Å². The molecule has 0 fully saturated rings. The van der Waals surface area contributed by atoms with Crippen LogP contribution in [0.5, 0.6) is 0 Å². The minimum absolute atomic E-state index is 0.0666. The lowest BCUT2D eigenvalue weighted by atomic mass is 10.2. The molecule has 0 aliphatic carbocycles. The van der Waals surface area contributed by atoms with Gasteiger partial charge >= 0.3 is 0 Å². The van der Waals surface area contributed by atoms with E-state index >= 15 is 0 Å². The number of rotatable bonds is 5. The van der Waals surface area contributed by atoms with Gasteiger partial charge in [-0.1, -0.05) is 42.5 Å². The maximum Gasteiger partial charge on any atom is 0.294 e. The number of hydrogen-bond donors (Lipinski definition) is 2. The predicted octanol–water partition coefficient (Wildman–Crippen LogP) is 2.74. The first-order valence-corrected chi connectivity index (χ1v) is 7.20. The van der Waals surface area contributed by atoms with Crippen molar-refractivity contribution in [3.8, 4) is 0 Å². The van der Waals surface area contributed by atoms with E-state index in [0.29, 0.717) is 0 Å². The van der Waals surface area contributed by atoms with Crippen LogP contribution in [0, 0.1) is 6.92 Å². The summed E-state index contributed by atoms with van der Waals surface area (Å²) in [6, 6.07) is 5.99. The minimum atomic E-state index is -4.02. The van der Waals surface area contributed by atoms with Gasteiger partial charge in [0, 0.05) is 6.61 Å². The maximum absolute atomic E-state index is 10.5. The van der Waals surface area contributed by atoms with Gasteiger partial charge in [0.25, 0.3) is 10.1 Å². The first kappa shape index (κ1) is 17.6. The Labute approximate surface area is 114 Å². The lowest BCUT2D eigenvalue weighted by molar-refractivity contribution is 0.289. The molecule has 0 spiro atoms. The van der Waals surface area contributed by atoms with Crippen molar-refractivity contribution in [2.75, 3.05) is 6.61 Å². The van der Waals surface area contributed by atoms with Crippen molar-refractivity contribution in [2.45, 2.75) is 24.7 Å². The van der Waals surface area contributed by atoms with E-state index in [1.807, 2.05) is 6.92 Å². The average Bonchev–Trinajstić information content (AvgIpc) is 2.36. The number of aliphatic hydroxyl groups is 1. The molecule has 0 bridgehead atoms. The molecule has 0 radical (unpaired) electrons. The third-order valence-corrected chi connectivity index (χ3v) is 3.13. The molecule has 0 heterocycles. The average molecular weight is 284 g/mol. The van der Waals surface area contributed by atoms with Crippen LogP contribution in [0.15, 0.2) is 54.0 Å². The Balaban J connectivity index is 0.000000362. The van der Waals surface area contributed by atoms with Crippen LogP contribution in [0.25, 0.3) is 0 Å². The van der Waals surface area contributed by atoms with Crippen LogP contribution in [0.2, 0.25) is 0 Å². The van der Waals surface area contributed by atoms with E-state index in [9.17, 15) is 8.42 Å². The monoisotopic (exact) mass is 284 g/mol. The molecule has 0 amide bonds. The summed E-state index contributed by atoms with van der Waals surface area (Å²) in [5.74, 6) is 0. The van der Waals surface area contributed by atoms with E-state index in [-0.39, 0.29) is 11.5 Å². The second kappa shape index (κ2) is 8.63. The highest BCUT2D eigenvalue weighted by Crippen LogP contribution is 2.08. The highest BCUT2D eigenvalue weighted by Gasteiger charge is 2.06. The quantitative estimate of drug-likeness (QED) is 0.644. The van der Waals surface area contributed by atoms with Crippen molar-refractivity contribution in [1.82, 2.24) is 0 Å². The summed E-state index contributed by atoms with van der Waals surface area (Å²) in [6.07, 6.45) is 3.38. The van der Waals surface area contributed by atoms with Crippen molar-refractivity contribution >= 4 is 10.1 Å². The lowest BCUT2D eigenvalue weighted by Crippen LogP contribution is -1.96. The summed E-state index contributed by atoms with van der Waals surface area (Å²) >= 11 is 0. The Morgan fingerprint density at radius 2 is 1.84 bits per heavy atom. The van der Waals surface area contributed by atoms with Crippen molar-refractivity contribution in [3.63, 3.8) is 0 Å². The standard InChI is InChI=1S/C7H8O3S.C7H12O/c1-6-2-4-7(5-3-6)11(8,9)10;1-3-7(2)5-4-6-8/h2-5H,1H3,(H,8,9,10);3,8H,1-2,4-6H2. The molecule has 106 valence electrons. The molecule has 0 saturated heterocycles. The molecule has 0 saturated carbocycles. The molecule has 19 heavy (non-hydrogen) atoms. The van der Waals surface area contributed by atoms with E-state index in [4.69, 9.17) is 9.66 Å². The molecular weight excluding hydrogens is 264 g/mol. The van der Waals surface area contributed by atoms with Crippen LogP contribution in [0.3, 0.4) is 0 Å². The Hall–Kier alpha value is -1.43. The van der Waals surface area contributed by atoms with E-state index in [2.05, 4.69) is 13.2 Å². The Kier molecular flexibility index (Phi) is 7.98. The zero-order valence-corrected chi connectivity index (χ0v) is 11.9. The second-order valence-electron chi connectivity index (χ2n) is 3.98. The van der Waals surface area contributed by atoms with Crippen LogP contribution < -0.4 is 0 Å². The van der Waals surface area contributed by atoms with Crippen molar-refractivity contribution < 1.29 is 18.1 Å². The van der Waals surface area contributed by atoms with Gasteiger partial charge in [-0.2, -0.15) is 8.42 Å². The fourth-order valence-corrected chi connectivity index (χ4v) is 1.60. The SMILES string of the molecule is C=CC(=C)CCCO.Cc1ccc(S(=O)(=O)O)cc1. The van der Waals surface area contributed by atoms with E-state index in [0.717, 1.165) is 24.0 Å². The molecule has 1 aromatic rings. The molecule has 0 aliphatic heterocycles. The Bertz CT molecular complexity index is 501. The minimum Gasteiger partial charge on any atom is -0.396 e. The number of aryl methyl sites for hydroxylation is 1. The van der Waals surface area contributed by atoms with Gasteiger partial charge in [-0.3, -0.25) is 4.55 Å². The normalized spacial score (nSPS) is 10.3. The fourth-order valence-electron chi connectivity index (χ4n) is 1.12. The van der Waals surface area contributed by atoms with Gasteiger partial charge in [0.05, 0.1) is 4.90 Å². The largest absolute Gasteiger partial charge is 0.396 e. The Morgan fingerprint density at radius 3 is 2.21 bits per heavy atom. The molecule has 1 aromatic carbocycles. The van der Waals surface area contributed by atoms with Gasteiger partial charge in [0.15, 0.2) is 0 Å². The molecule has 0 unspecified atom stereocenters. The van der Waals surface area contributed by atoms with Crippen molar-refractivity contribution in [1.29, 1.82) is 0 Å². The molecule has 0 aliphatic rings. The summed E-state index contributed by atoms with van der Waals surface area (Å²) in [7, 11) is -4.02. The molecule has 4 nitrogen and oxygen atoms in total. The van der Waals surface area contributed by atoms with E-state index < -0.39 is 10.1 Å². The molecule has 0 aromatic heterocycles. The van der Waals surface area contributed by atoms with Gasteiger partial charge in [0.1, 0.15) is 0 Å². The topological polar surface area (TPSA) is 74.6 Å². The van der Waals surface area contributed by atoms with Crippen LogP contribution in [-0.2, 0) is 10.1 Å². The molecule has 2 N–H and O–H groups in total. The number of benzene rings is 1. The first-order chi connectivity index (χ1) is 8.81. The van der Waals surface area contributed by atoms with Crippen molar-refractivity contribution in [3.05, 3.63) is 54.6 Å². The predicted molar refractivity (Wildman–Crippen MR) is 76.7 cm³/mol. The summed E-state index contributed by atoms with van der Waals surface area (Å²) in [5.41, 5.74) is 1.96.